The van der Waals surface area contributed by atoms with Gasteiger partial charge in [-0.25, -0.2) is 8.42 Å². The molecule has 0 saturated carbocycles. The fourth-order valence-electron chi connectivity index (χ4n) is 3.98. The minimum absolute atomic E-state index is 0.0722. The van der Waals surface area contributed by atoms with Crippen molar-refractivity contribution in [3.63, 3.8) is 0 Å². The Balaban J connectivity index is 1.55. The summed E-state index contributed by atoms with van der Waals surface area (Å²) in [5.74, 6) is 0.727. The number of aryl methyl sites for hydroxylation is 1. The Hall–Kier alpha value is -2.32. The van der Waals surface area contributed by atoms with Crippen LogP contribution < -0.4 is 9.64 Å². The summed E-state index contributed by atoms with van der Waals surface area (Å²) in [6, 6.07) is 17.3. The Morgan fingerprint density at radius 1 is 1.16 bits per heavy atom. The van der Waals surface area contributed by atoms with Crippen molar-refractivity contribution in [2.45, 2.75) is 43.9 Å². The van der Waals surface area contributed by atoms with E-state index in [-0.39, 0.29) is 28.7 Å². The molecule has 0 N–H and O–H groups in total. The van der Waals surface area contributed by atoms with Crippen molar-refractivity contribution in [3.05, 3.63) is 60.2 Å². The number of rotatable bonds is 8. The molecule has 2 fully saturated rings. The number of carbonyl (C=O) groups is 1. The third-order valence-corrected chi connectivity index (χ3v) is 8.83. The first-order chi connectivity index (χ1) is 15.4. The molecule has 2 saturated heterocycles. The summed E-state index contributed by atoms with van der Waals surface area (Å²) in [6.45, 7) is 2.74. The molecule has 4 rings (SSSR count). The van der Waals surface area contributed by atoms with Gasteiger partial charge < -0.3 is 9.64 Å². The lowest BCUT2D eigenvalue weighted by atomic mass is 10.1. The average molecular weight is 473 g/mol. The van der Waals surface area contributed by atoms with Crippen molar-refractivity contribution in [2.75, 3.05) is 23.0 Å². The second-order valence-corrected chi connectivity index (χ2v) is 11.5. The first kappa shape index (κ1) is 22.9. The standard InChI is InChI=1S/C24H28N2O4S2/c1-2-3-14-30-20-11-7-10-19(15-20)26-21-16-32(28,29)17-22(21)31-24(26)25-23(27)13-12-18-8-5-4-6-9-18/h4-11,15,21-22H,2-3,12-14,16-17H2,1H3/t21-,22-/m0/s1. The van der Waals surface area contributed by atoms with Crippen molar-refractivity contribution < 1.29 is 17.9 Å². The van der Waals surface area contributed by atoms with Crippen LogP contribution in [0.15, 0.2) is 59.6 Å². The number of thioether (sulfide) groups is 1. The minimum Gasteiger partial charge on any atom is -0.494 e. The third-order valence-electron chi connectivity index (χ3n) is 5.62. The minimum atomic E-state index is -3.11. The number of ether oxygens (including phenoxy) is 1. The monoisotopic (exact) mass is 472 g/mol. The topological polar surface area (TPSA) is 76.0 Å². The molecule has 6 nitrogen and oxygen atoms in total. The van der Waals surface area contributed by atoms with Crippen molar-refractivity contribution in [1.29, 1.82) is 0 Å². The summed E-state index contributed by atoms with van der Waals surface area (Å²) in [5.41, 5.74) is 1.91. The molecule has 0 aromatic heterocycles. The number of unbranched alkanes of at least 4 members (excludes halogenated alkanes) is 1. The Morgan fingerprint density at radius 3 is 2.75 bits per heavy atom. The van der Waals surface area contributed by atoms with Crippen molar-refractivity contribution >= 4 is 38.4 Å². The lowest BCUT2D eigenvalue weighted by Crippen LogP contribution is -2.37. The van der Waals surface area contributed by atoms with Gasteiger partial charge in [-0.2, -0.15) is 4.99 Å². The average Bonchev–Trinajstić information content (AvgIpc) is 3.24. The molecule has 32 heavy (non-hydrogen) atoms. The van der Waals surface area contributed by atoms with Crippen LogP contribution in [0, 0.1) is 0 Å². The molecule has 2 aliphatic rings. The highest BCUT2D eigenvalue weighted by Gasteiger charge is 2.49. The van der Waals surface area contributed by atoms with E-state index in [0.29, 0.717) is 24.6 Å². The summed E-state index contributed by atoms with van der Waals surface area (Å²) < 4.78 is 30.4. The summed E-state index contributed by atoms with van der Waals surface area (Å²) in [7, 11) is -3.11. The van der Waals surface area contributed by atoms with Gasteiger partial charge in [-0.15, -0.1) is 0 Å². The fourth-order valence-corrected chi connectivity index (χ4v) is 7.91. The van der Waals surface area contributed by atoms with E-state index >= 15 is 0 Å². The van der Waals surface area contributed by atoms with Gasteiger partial charge in [0.1, 0.15) is 5.75 Å². The molecular weight excluding hydrogens is 444 g/mol. The van der Waals surface area contributed by atoms with Gasteiger partial charge in [0.25, 0.3) is 0 Å². The summed E-state index contributed by atoms with van der Waals surface area (Å²) in [6.07, 6.45) is 2.96. The molecule has 2 atom stereocenters. The number of hydrogen-bond acceptors (Lipinski definition) is 5. The van der Waals surface area contributed by atoms with Gasteiger partial charge in [0.15, 0.2) is 15.0 Å². The number of fused-ring (bicyclic) bond motifs is 1. The molecule has 8 heteroatoms. The second kappa shape index (κ2) is 10.1. The van der Waals surface area contributed by atoms with Gasteiger partial charge in [0.2, 0.25) is 5.91 Å². The predicted octanol–water partition coefficient (Wildman–Crippen LogP) is 4.10. The maximum absolute atomic E-state index is 12.7. The number of hydrogen-bond donors (Lipinski definition) is 0. The number of amidine groups is 1. The van der Waals surface area contributed by atoms with Gasteiger partial charge in [-0.05, 0) is 30.5 Å². The van der Waals surface area contributed by atoms with Crippen LogP contribution in [0.5, 0.6) is 5.75 Å². The Kier molecular flexibility index (Phi) is 7.20. The third kappa shape index (κ3) is 5.53. The number of aliphatic imine (C=N–C) groups is 1. The highest BCUT2D eigenvalue weighted by atomic mass is 32.2. The second-order valence-electron chi connectivity index (χ2n) is 8.14. The molecule has 2 aliphatic heterocycles. The number of sulfone groups is 1. The first-order valence-corrected chi connectivity index (χ1v) is 13.7. The quantitative estimate of drug-likeness (QED) is 0.539. The van der Waals surface area contributed by atoms with Gasteiger partial charge in [0, 0.05) is 23.4 Å². The maximum atomic E-state index is 12.7. The van der Waals surface area contributed by atoms with E-state index in [0.717, 1.165) is 29.8 Å². The van der Waals surface area contributed by atoms with Crippen molar-refractivity contribution in [1.82, 2.24) is 0 Å². The highest BCUT2D eigenvalue weighted by molar-refractivity contribution is 8.16. The van der Waals surface area contributed by atoms with Gasteiger partial charge in [-0.3, -0.25) is 4.79 Å². The van der Waals surface area contributed by atoms with E-state index < -0.39 is 9.84 Å². The van der Waals surface area contributed by atoms with Gasteiger partial charge >= 0.3 is 0 Å². The van der Waals surface area contributed by atoms with Crippen molar-refractivity contribution in [3.8, 4) is 5.75 Å². The molecule has 2 heterocycles. The fraction of sp³-hybridized carbons (Fsp3) is 0.417. The summed E-state index contributed by atoms with van der Waals surface area (Å²) in [5, 5.41) is 0.462. The first-order valence-electron chi connectivity index (χ1n) is 11.0. The Bertz CT molecular complexity index is 1090. The zero-order valence-corrected chi connectivity index (χ0v) is 19.8. The van der Waals surface area contributed by atoms with Crippen LogP contribution in [0.4, 0.5) is 5.69 Å². The SMILES string of the molecule is CCCCOc1cccc(N2C(=NC(=O)CCc3ccccc3)S[C@H]3CS(=O)(=O)C[C@@H]32)c1. The van der Waals surface area contributed by atoms with E-state index in [9.17, 15) is 13.2 Å². The van der Waals surface area contributed by atoms with Gasteiger partial charge in [0.05, 0.1) is 24.2 Å². The van der Waals surface area contributed by atoms with E-state index in [4.69, 9.17) is 4.74 Å². The molecule has 170 valence electrons. The predicted molar refractivity (Wildman–Crippen MR) is 130 cm³/mol. The van der Waals surface area contributed by atoms with Crippen molar-refractivity contribution in [2.24, 2.45) is 4.99 Å². The summed E-state index contributed by atoms with van der Waals surface area (Å²) in [4.78, 5) is 19.0. The number of nitrogens with zero attached hydrogens (tertiary/aromatic N) is 2. The van der Waals surface area contributed by atoms with E-state index in [1.165, 1.54) is 11.8 Å². The molecule has 0 spiro atoms. The van der Waals surface area contributed by atoms with E-state index in [2.05, 4.69) is 11.9 Å². The normalized spacial score (nSPS) is 22.8. The summed E-state index contributed by atoms with van der Waals surface area (Å²) >= 11 is 1.40. The van der Waals surface area contributed by atoms with Crippen LogP contribution in [-0.4, -0.2) is 48.9 Å². The maximum Gasteiger partial charge on any atom is 0.248 e. The zero-order chi connectivity index (χ0) is 22.6. The lowest BCUT2D eigenvalue weighted by molar-refractivity contribution is -0.117. The zero-order valence-electron chi connectivity index (χ0n) is 18.1. The Labute approximate surface area is 194 Å². The molecule has 1 amide bonds. The van der Waals surface area contributed by atoms with Crippen LogP contribution in [0.25, 0.3) is 0 Å². The molecular formula is C24H28N2O4S2. The van der Waals surface area contributed by atoms with Crippen LogP contribution in [-0.2, 0) is 21.1 Å². The number of anilines is 1. The molecule has 2 aromatic carbocycles. The number of amides is 1. The van der Waals surface area contributed by atoms with E-state index in [1.807, 2.05) is 59.5 Å². The smallest absolute Gasteiger partial charge is 0.248 e. The highest BCUT2D eigenvalue weighted by Crippen LogP contribution is 2.41. The molecule has 0 unspecified atom stereocenters. The molecule has 2 aromatic rings. The molecule has 0 bridgehead atoms. The largest absolute Gasteiger partial charge is 0.494 e. The molecule has 0 aliphatic carbocycles. The number of carbonyl (C=O) groups excluding carboxylic acids is 1. The van der Waals surface area contributed by atoms with Gasteiger partial charge in [-0.1, -0.05) is 61.5 Å². The number of benzene rings is 2. The molecule has 0 radical (unpaired) electrons. The van der Waals surface area contributed by atoms with Crippen LogP contribution in [0.2, 0.25) is 0 Å². The lowest BCUT2D eigenvalue weighted by Gasteiger charge is -2.25. The van der Waals surface area contributed by atoms with Crippen LogP contribution >= 0.6 is 11.8 Å². The van der Waals surface area contributed by atoms with E-state index in [1.54, 1.807) is 0 Å². The van der Waals surface area contributed by atoms with Crippen LogP contribution in [0.3, 0.4) is 0 Å². The van der Waals surface area contributed by atoms with Crippen LogP contribution in [0.1, 0.15) is 31.7 Å². The Morgan fingerprint density at radius 2 is 1.97 bits per heavy atom.